The molecule has 1 heterocycles. The van der Waals surface area contributed by atoms with E-state index in [9.17, 15) is 13.6 Å². The van der Waals surface area contributed by atoms with Gasteiger partial charge >= 0.3 is 11.8 Å². The number of alkyl halides is 2. The van der Waals surface area contributed by atoms with Crippen LogP contribution in [0.1, 0.15) is 30.0 Å². The number of aryl methyl sites for hydroxylation is 2. The quantitative estimate of drug-likeness (QED) is 0.776. The summed E-state index contributed by atoms with van der Waals surface area (Å²) in [5, 5.41) is 0. The highest BCUT2D eigenvalue weighted by Gasteiger charge is 2.48. The summed E-state index contributed by atoms with van der Waals surface area (Å²) in [5.74, 6) is -4.69. The van der Waals surface area contributed by atoms with Crippen molar-refractivity contribution in [2.45, 2.75) is 32.6 Å². The second kappa shape index (κ2) is 6.19. The van der Waals surface area contributed by atoms with Crippen molar-refractivity contribution in [3.05, 3.63) is 71.3 Å². The van der Waals surface area contributed by atoms with E-state index < -0.39 is 11.8 Å². The molecule has 1 aliphatic rings. The van der Waals surface area contributed by atoms with Crippen molar-refractivity contribution in [1.82, 2.24) is 0 Å². The maximum Gasteiger partial charge on any atom is 0.346 e. The van der Waals surface area contributed by atoms with Crippen LogP contribution in [0.15, 0.2) is 54.6 Å². The topological polar surface area (TPSA) is 20.3 Å². The number of carbonyl (C=O) groups excluding carboxylic acids is 1. The number of benzene rings is 2. The maximum atomic E-state index is 14.0. The van der Waals surface area contributed by atoms with Gasteiger partial charge in [-0.05, 0) is 36.6 Å². The van der Waals surface area contributed by atoms with Crippen molar-refractivity contribution < 1.29 is 13.6 Å². The molecule has 0 fully saturated rings. The van der Waals surface area contributed by atoms with Crippen molar-refractivity contribution in [3.8, 4) is 0 Å². The monoisotopic (exact) mass is 327 g/mol. The van der Waals surface area contributed by atoms with E-state index in [0.717, 1.165) is 34.9 Å². The Labute approximate surface area is 140 Å². The zero-order chi connectivity index (χ0) is 17.3. The lowest BCUT2D eigenvalue weighted by molar-refractivity contribution is -0.134. The van der Waals surface area contributed by atoms with Crippen LogP contribution in [0.2, 0.25) is 0 Å². The smallest absolute Gasteiger partial charge is 0.275 e. The van der Waals surface area contributed by atoms with Crippen LogP contribution in [-0.4, -0.2) is 11.8 Å². The summed E-state index contributed by atoms with van der Waals surface area (Å²) in [6, 6.07) is 14.4. The van der Waals surface area contributed by atoms with Gasteiger partial charge in [-0.1, -0.05) is 55.3 Å². The average Bonchev–Trinajstić information content (AvgIpc) is 2.80. The van der Waals surface area contributed by atoms with Crippen LogP contribution < -0.4 is 4.90 Å². The molecule has 2 aromatic carbocycles. The minimum absolute atomic E-state index is 0.233. The SMILES string of the molecule is CCCc1ccc(C2=CC(F)(F)C(=O)N2c2ccc(C)cc2)cc1. The molecule has 0 saturated heterocycles. The molecule has 0 spiro atoms. The first kappa shape index (κ1) is 16.4. The second-order valence-corrected chi connectivity index (χ2v) is 6.08. The number of hydrogen-bond acceptors (Lipinski definition) is 1. The third-order valence-corrected chi connectivity index (χ3v) is 4.13. The summed E-state index contributed by atoms with van der Waals surface area (Å²) >= 11 is 0. The minimum Gasteiger partial charge on any atom is -0.275 e. The highest BCUT2D eigenvalue weighted by Crippen LogP contribution is 2.39. The average molecular weight is 327 g/mol. The standard InChI is InChI=1S/C20H19F2NO/c1-3-4-15-7-9-16(10-8-15)18-13-20(21,22)19(24)23(18)17-11-5-14(2)6-12-17/h5-13H,3-4H2,1-2H3. The molecule has 0 radical (unpaired) electrons. The highest BCUT2D eigenvalue weighted by atomic mass is 19.3. The molecule has 3 rings (SSSR count). The predicted octanol–water partition coefficient (Wildman–Crippen LogP) is 4.97. The van der Waals surface area contributed by atoms with Crippen molar-refractivity contribution in [3.63, 3.8) is 0 Å². The van der Waals surface area contributed by atoms with Crippen molar-refractivity contribution >= 4 is 17.3 Å². The van der Waals surface area contributed by atoms with Crippen LogP contribution in [0.4, 0.5) is 14.5 Å². The number of halogens is 2. The molecule has 124 valence electrons. The molecule has 2 nitrogen and oxygen atoms in total. The van der Waals surface area contributed by atoms with E-state index in [0.29, 0.717) is 11.3 Å². The van der Waals surface area contributed by atoms with Crippen LogP contribution >= 0.6 is 0 Å². The second-order valence-electron chi connectivity index (χ2n) is 6.08. The van der Waals surface area contributed by atoms with E-state index >= 15 is 0 Å². The molecule has 2 aromatic rings. The number of nitrogens with zero attached hydrogens (tertiary/aromatic N) is 1. The molecule has 0 bridgehead atoms. The van der Waals surface area contributed by atoms with Gasteiger partial charge in [-0.15, -0.1) is 0 Å². The zero-order valence-electron chi connectivity index (χ0n) is 13.7. The molecule has 0 saturated carbocycles. The Morgan fingerprint density at radius 1 is 1.00 bits per heavy atom. The first-order valence-electron chi connectivity index (χ1n) is 8.03. The summed E-state index contributed by atoms with van der Waals surface area (Å²) in [4.78, 5) is 13.3. The normalized spacial score (nSPS) is 16.4. The van der Waals surface area contributed by atoms with Crippen LogP contribution in [0.25, 0.3) is 5.70 Å². The van der Waals surface area contributed by atoms with Crippen LogP contribution in [0, 0.1) is 6.92 Å². The van der Waals surface area contributed by atoms with Crippen LogP contribution in [0.5, 0.6) is 0 Å². The summed E-state index contributed by atoms with van der Waals surface area (Å²) in [6.07, 6.45) is 2.72. The first-order valence-corrected chi connectivity index (χ1v) is 8.03. The summed E-state index contributed by atoms with van der Waals surface area (Å²) in [6.45, 7) is 4.00. The molecule has 0 atom stereocenters. The van der Waals surface area contributed by atoms with E-state index in [-0.39, 0.29) is 5.70 Å². The van der Waals surface area contributed by atoms with Gasteiger partial charge < -0.3 is 0 Å². The Morgan fingerprint density at radius 2 is 1.62 bits per heavy atom. The Kier molecular flexibility index (Phi) is 4.22. The Balaban J connectivity index is 2.02. The Hall–Kier alpha value is -2.49. The predicted molar refractivity (Wildman–Crippen MR) is 92.0 cm³/mol. The van der Waals surface area contributed by atoms with Gasteiger partial charge in [0.05, 0.1) is 5.70 Å². The lowest BCUT2D eigenvalue weighted by atomic mass is 10.1. The molecular formula is C20H19F2NO. The molecule has 0 unspecified atom stereocenters. The summed E-state index contributed by atoms with van der Waals surface area (Å²) in [7, 11) is 0. The van der Waals surface area contributed by atoms with Gasteiger partial charge in [-0.2, -0.15) is 8.78 Å². The fourth-order valence-electron chi connectivity index (χ4n) is 2.85. The number of carbonyl (C=O) groups is 1. The van der Waals surface area contributed by atoms with Gasteiger partial charge in [0.15, 0.2) is 0 Å². The van der Waals surface area contributed by atoms with Gasteiger partial charge in [-0.25, -0.2) is 0 Å². The fraction of sp³-hybridized carbons (Fsp3) is 0.250. The number of anilines is 1. The molecule has 4 heteroatoms. The van der Waals surface area contributed by atoms with Crippen molar-refractivity contribution in [2.75, 3.05) is 4.90 Å². The lowest BCUT2D eigenvalue weighted by Gasteiger charge is -2.21. The van der Waals surface area contributed by atoms with Gasteiger partial charge in [0.25, 0.3) is 0 Å². The first-order chi connectivity index (χ1) is 11.4. The summed E-state index contributed by atoms with van der Waals surface area (Å²) in [5.41, 5.74) is 3.45. The molecule has 1 amide bonds. The number of hydrogen-bond donors (Lipinski definition) is 0. The number of amides is 1. The third kappa shape index (κ3) is 2.96. The molecular weight excluding hydrogens is 308 g/mol. The fourth-order valence-corrected chi connectivity index (χ4v) is 2.85. The van der Waals surface area contributed by atoms with Crippen LogP contribution in [-0.2, 0) is 11.2 Å². The molecule has 1 aliphatic heterocycles. The van der Waals surface area contributed by atoms with Gasteiger partial charge in [0.1, 0.15) is 0 Å². The van der Waals surface area contributed by atoms with E-state index in [1.54, 1.807) is 36.4 Å². The minimum atomic E-state index is -3.48. The summed E-state index contributed by atoms with van der Waals surface area (Å²) < 4.78 is 28.0. The largest absolute Gasteiger partial charge is 0.346 e. The Bertz CT molecular complexity index is 776. The molecule has 0 aliphatic carbocycles. The van der Waals surface area contributed by atoms with E-state index in [1.165, 1.54) is 0 Å². The third-order valence-electron chi connectivity index (χ3n) is 4.13. The van der Waals surface area contributed by atoms with Gasteiger partial charge in [0, 0.05) is 11.8 Å². The van der Waals surface area contributed by atoms with Gasteiger partial charge in [0.2, 0.25) is 0 Å². The van der Waals surface area contributed by atoms with E-state index in [2.05, 4.69) is 6.92 Å². The van der Waals surface area contributed by atoms with E-state index in [4.69, 9.17) is 0 Å². The number of rotatable bonds is 4. The molecule has 0 N–H and O–H groups in total. The zero-order valence-corrected chi connectivity index (χ0v) is 13.7. The maximum absolute atomic E-state index is 14.0. The highest BCUT2D eigenvalue weighted by molar-refractivity contribution is 6.15. The van der Waals surface area contributed by atoms with Crippen molar-refractivity contribution in [1.29, 1.82) is 0 Å². The molecule has 24 heavy (non-hydrogen) atoms. The van der Waals surface area contributed by atoms with E-state index in [1.807, 2.05) is 19.1 Å². The Morgan fingerprint density at radius 3 is 2.21 bits per heavy atom. The van der Waals surface area contributed by atoms with Crippen LogP contribution in [0.3, 0.4) is 0 Å². The molecule has 0 aromatic heterocycles. The van der Waals surface area contributed by atoms with Gasteiger partial charge in [-0.3, -0.25) is 9.69 Å². The lowest BCUT2D eigenvalue weighted by Crippen LogP contribution is -2.34. The van der Waals surface area contributed by atoms with Crippen molar-refractivity contribution in [2.24, 2.45) is 0 Å².